The van der Waals surface area contributed by atoms with Crippen molar-refractivity contribution < 1.29 is 9.53 Å². The number of amides is 1. The molecule has 2 aliphatic heterocycles. The molecule has 0 unspecified atom stereocenters. The van der Waals surface area contributed by atoms with Crippen LogP contribution in [0.5, 0.6) is 0 Å². The van der Waals surface area contributed by atoms with Gasteiger partial charge in [-0.25, -0.2) is 4.79 Å². The summed E-state index contributed by atoms with van der Waals surface area (Å²) in [6.07, 6.45) is 3.44. The number of nitrogens with zero attached hydrogens (tertiary/aromatic N) is 3. The summed E-state index contributed by atoms with van der Waals surface area (Å²) in [6, 6.07) is 0.183. The van der Waals surface area contributed by atoms with Crippen molar-refractivity contribution in [2.24, 2.45) is 10.2 Å². The number of carbonyl (C=O) groups is 1. The second-order valence-corrected chi connectivity index (χ2v) is 5.49. The normalized spacial score (nSPS) is 24.1. The van der Waals surface area contributed by atoms with Gasteiger partial charge in [-0.15, -0.1) is 0 Å². The fourth-order valence-corrected chi connectivity index (χ4v) is 1.99. The fraction of sp³-hybridized carbons (Fsp3) is 0.750. The van der Waals surface area contributed by atoms with E-state index in [4.69, 9.17) is 4.74 Å². The summed E-state index contributed by atoms with van der Waals surface area (Å²) < 4.78 is 5.38. The molecule has 0 aromatic carbocycles. The standard InChI is InChI=1S/C12H19N3O2/c1-12(2,3)17-11(16)15-6-4-5-10-9(8-15)7-13-14-10/h7,10H,4-6,8H2,1-3H3/t10-/m0/s1. The molecule has 1 atom stereocenters. The first kappa shape index (κ1) is 12.1. The Morgan fingerprint density at radius 1 is 1.53 bits per heavy atom. The zero-order valence-electron chi connectivity index (χ0n) is 10.6. The minimum Gasteiger partial charge on any atom is -0.444 e. The van der Waals surface area contributed by atoms with Crippen LogP contribution in [-0.4, -0.2) is 35.7 Å². The van der Waals surface area contributed by atoms with Crippen LogP contribution in [0.3, 0.4) is 0 Å². The van der Waals surface area contributed by atoms with Gasteiger partial charge in [-0.3, -0.25) is 0 Å². The van der Waals surface area contributed by atoms with E-state index >= 15 is 0 Å². The van der Waals surface area contributed by atoms with Gasteiger partial charge in [0, 0.05) is 13.1 Å². The SMILES string of the molecule is CC(C)(C)OC(=O)N1CCC[C@@H]2N=NC=C2C1. The molecule has 0 N–H and O–H groups in total. The molecule has 2 heterocycles. The number of hydrogen-bond acceptors (Lipinski definition) is 4. The highest BCUT2D eigenvalue weighted by Crippen LogP contribution is 2.25. The summed E-state index contributed by atoms with van der Waals surface area (Å²) in [5.41, 5.74) is 0.676. The van der Waals surface area contributed by atoms with E-state index in [0.717, 1.165) is 25.0 Å². The molecule has 94 valence electrons. The van der Waals surface area contributed by atoms with Crippen LogP contribution in [0.25, 0.3) is 0 Å². The van der Waals surface area contributed by atoms with Crippen LogP contribution >= 0.6 is 0 Å². The summed E-state index contributed by atoms with van der Waals surface area (Å²) in [5, 5.41) is 8.06. The highest BCUT2D eigenvalue weighted by molar-refractivity contribution is 5.68. The van der Waals surface area contributed by atoms with Gasteiger partial charge >= 0.3 is 6.09 Å². The van der Waals surface area contributed by atoms with Crippen molar-refractivity contribution in [1.82, 2.24) is 4.90 Å². The van der Waals surface area contributed by atoms with Gasteiger partial charge in [-0.1, -0.05) is 0 Å². The van der Waals surface area contributed by atoms with Crippen molar-refractivity contribution in [2.45, 2.75) is 45.3 Å². The van der Waals surface area contributed by atoms with Crippen molar-refractivity contribution in [3.05, 3.63) is 11.8 Å². The van der Waals surface area contributed by atoms with Crippen LogP contribution < -0.4 is 0 Å². The third kappa shape index (κ3) is 3.05. The zero-order valence-corrected chi connectivity index (χ0v) is 10.6. The molecule has 2 aliphatic rings. The predicted molar refractivity (Wildman–Crippen MR) is 63.8 cm³/mol. The lowest BCUT2D eigenvalue weighted by Crippen LogP contribution is -2.38. The molecule has 0 saturated carbocycles. The van der Waals surface area contributed by atoms with Crippen molar-refractivity contribution in [2.75, 3.05) is 13.1 Å². The lowest BCUT2D eigenvalue weighted by molar-refractivity contribution is 0.0271. The van der Waals surface area contributed by atoms with Crippen LogP contribution in [-0.2, 0) is 4.74 Å². The van der Waals surface area contributed by atoms with Gasteiger partial charge in [-0.05, 0) is 39.2 Å². The highest BCUT2D eigenvalue weighted by Gasteiger charge is 2.29. The average molecular weight is 237 g/mol. The molecular weight excluding hydrogens is 218 g/mol. The van der Waals surface area contributed by atoms with Crippen molar-refractivity contribution in [1.29, 1.82) is 0 Å². The van der Waals surface area contributed by atoms with Gasteiger partial charge in [-0.2, -0.15) is 10.2 Å². The lowest BCUT2D eigenvalue weighted by atomic mass is 10.1. The van der Waals surface area contributed by atoms with Gasteiger partial charge in [0.1, 0.15) is 5.60 Å². The number of fused-ring (bicyclic) bond motifs is 1. The summed E-state index contributed by atoms with van der Waals surface area (Å²) in [5.74, 6) is 0. The minimum absolute atomic E-state index is 0.183. The first-order valence-electron chi connectivity index (χ1n) is 6.02. The molecule has 0 aliphatic carbocycles. The molecule has 0 radical (unpaired) electrons. The number of carbonyl (C=O) groups excluding carboxylic acids is 1. The molecule has 1 amide bonds. The van der Waals surface area contributed by atoms with Crippen molar-refractivity contribution in [3.63, 3.8) is 0 Å². The maximum Gasteiger partial charge on any atom is 0.410 e. The molecule has 2 rings (SSSR count). The maximum atomic E-state index is 12.0. The maximum absolute atomic E-state index is 12.0. The molecule has 0 aromatic rings. The predicted octanol–water partition coefficient (Wildman–Crippen LogP) is 2.74. The van der Waals surface area contributed by atoms with E-state index in [1.54, 1.807) is 11.1 Å². The van der Waals surface area contributed by atoms with Gasteiger partial charge < -0.3 is 9.64 Å². The Labute approximate surface area is 102 Å². The molecule has 1 fully saturated rings. The topological polar surface area (TPSA) is 54.3 Å². The Balaban J connectivity index is 2.00. The molecule has 0 aromatic heterocycles. The van der Waals surface area contributed by atoms with Crippen LogP contribution in [0.2, 0.25) is 0 Å². The third-order valence-electron chi connectivity index (χ3n) is 2.79. The first-order chi connectivity index (χ1) is 7.96. The van der Waals surface area contributed by atoms with E-state index in [1.807, 2.05) is 20.8 Å². The number of hydrogen-bond donors (Lipinski definition) is 0. The Bertz CT molecular complexity index is 368. The van der Waals surface area contributed by atoms with E-state index in [0.29, 0.717) is 6.54 Å². The summed E-state index contributed by atoms with van der Waals surface area (Å²) in [7, 11) is 0. The fourth-order valence-electron chi connectivity index (χ4n) is 1.99. The molecule has 17 heavy (non-hydrogen) atoms. The quantitative estimate of drug-likeness (QED) is 0.650. The van der Waals surface area contributed by atoms with Crippen LogP contribution in [0.15, 0.2) is 22.0 Å². The van der Waals surface area contributed by atoms with E-state index in [1.165, 1.54) is 0 Å². The molecule has 1 saturated heterocycles. The molecule has 5 heteroatoms. The molecule has 0 bridgehead atoms. The molecule has 5 nitrogen and oxygen atoms in total. The van der Waals surface area contributed by atoms with Gasteiger partial charge in [0.25, 0.3) is 0 Å². The van der Waals surface area contributed by atoms with Gasteiger partial charge in [0.05, 0.1) is 12.2 Å². The lowest BCUT2D eigenvalue weighted by Gasteiger charge is -2.26. The zero-order chi connectivity index (χ0) is 12.5. The number of azo groups is 1. The van der Waals surface area contributed by atoms with Crippen LogP contribution in [0, 0.1) is 0 Å². The second kappa shape index (κ2) is 4.47. The third-order valence-corrected chi connectivity index (χ3v) is 2.79. The van der Waals surface area contributed by atoms with E-state index in [9.17, 15) is 4.79 Å². The Morgan fingerprint density at radius 3 is 3.00 bits per heavy atom. The average Bonchev–Trinajstić information content (AvgIpc) is 2.53. The van der Waals surface area contributed by atoms with Crippen molar-refractivity contribution >= 4 is 6.09 Å². The van der Waals surface area contributed by atoms with Crippen molar-refractivity contribution in [3.8, 4) is 0 Å². The molecule has 0 spiro atoms. The summed E-state index contributed by atoms with van der Waals surface area (Å²) >= 11 is 0. The second-order valence-electron chi connectivity index (χ2n) is 5.49. The van der Waals surface area contributed by atoms with E-state index < -0.39 is 5.60 Å². The minimum atomic E-state index is -0.443. The van der Waals surface area contributed by atoms with Crippen LogP contribution in [0.4, 0.5) is 4.79 Å². The first-order valence-corrected chi connectivity index (χ1v) is 6.02. The van der Waals surface area contributed by atoms with Gasteiger partial charge in [0.2, 0.25) is 0 Å². The smallest absolute Gasteiger partial charge is 0.410 e. The number of rotatable bonds is 0. The largest absolute Gasteiger partial charge is 0.444 e. The summed E-state index contributed by atoms with van der Waals surface area (Å²) in [4.78, 5) is 13.7. The van der Waals surface area contributed by atoms with E-state index in [-0.39, 0.29) is 12.1 Å². The summed E-state index contributed by atoms with van der Waals surface area (Å²) in [6.45, 7) is 6.96. The Hall–Kier alpha value is -1.39. The number of ether oxygens (including phenoxy) is 1. The monoisotopic (exact) mass is 237 g/mol. The van der Waals surface area contributed by atoms with E-state index in [2.05, 4.69) is 10.2 Å². The Morgan fingerprint density at radius 2 is 2.29 bits per heavy atom. The van der Waals surface area contributed by atoms with Crippen LogP contribution in [0.1, 0.15) is 33.6 Å². The molecular formula is C12H19N3O2. The number of likely N-dealkylation sites (tertiary alicyclic amines) is 1. The Kier molecular flexibility index (Phi) is 3.17. The van der Waals surface area contributed by atoms with Gasteiger partial charge in [0.15, 0.2) is 0 Å². The highest BCUT2D eigenvalue weighted by atomic mass is 16.6.